The second kappa shape index (κ2) is 7.07. The van der Waals surface area contributed by atoms with Crippen molar-refractivity contribution in [2.24, 2.45) is 0 Å². The molecule has 1 saturated heterocycles. The van der Waals surface area contributed by atoms with Crippen molar-refractivity contribution in [1.82, 2.24) is 4.31 Å². The number of carbonyl (C=O) groups excluding carboxylic acids is 1. The summed E-state index contributed by atoms with van der Waals surface area (Å²) < 4.78 is 33.2. The van der Waals surface area contributed by atoms with Crippen molar-refractivity contribution in [1.29, 1.82) is 0 Å². The van der Waals surface area contributed by atoms with Crippen LogP contribution >= 0.6 is 0 Å². The number of rotatable bonds is 4. The quantitative estimate of drug-likeness (QED) is 0.788. The highest BCUT2D eigenvalue weighted by atomic mass is 32.2. The number of benzene rings is 2. The molecule has 3 rings (SSSR count). The molecule has 2 aromatic rings. The molecule has 1 aliphatic heterocycles. The summed E-state index contributed by atoms with van der Waals surface area (Å²) in [7, 11) is -3.67. The molecule has 6 heteroatoms. The summed E-state index contributed by atoms with van der Waals surface area (Å²) >= 11 is 0. The molecule has 0 bridgehead atoms. The fourth-order valence-electron chi connectivity index (χ4n) is 3.00. The first-order chi connectivity index (χ1) is 11.9. The van der Waals surface area contributed by atoms with Crippen molar-refractivity contribution in [3.63, 3.8) is 0 Å². The second-order valence-corrected chi connectivity index (χ2v) is 8.10. The number of sulfonamides is 1. The Bertz CT molecular complexity index is 892. The van der Waals surface area contributed by atoms with E-state index in [-0.39, 0.29) is 23.3 Å². The number of ether oxygens (including phenoxy) is 1. The number of carbonyl (C=O) groups is 1. The summed E-state index contributed by atoms with van der Waals surface area (Å²) in [6.45, 7) is 4.31. The molecular weight excluding hydrogens is 338 g/mol. The van der Waals surface area contributed by atoms with E-state index < -0.39 is 10.0 Å². The van der Waals surface area contributed by atoms with Crippen molar-refractivity contribution < 1.29 is 17.9 Å². The lowest BCUT2D eigenvalue weighted by atomic mass is 10.0. The summed E-state index contributed by atoms with van der Waals surface area (Å²) in [6.07, 6.45) is -0.291. The summed E-state index contributed by atoms with van der Waals surface area (Å²) in [5.74, 6) is -0.156. The zero-order valence-corrected chi connectivity index (χ0v) is 15.1. The Morgan fingerprint density at radius 1 is 1.16 bits per heavy atom. The lowest BCUT2D eigenvalue weighted by Crippen LogP contribution is -2.42. The van der Waals surface area contributed by atoms with Gasteiger partial charge >= 0.3 is 0 Å². The predicted octanol–water partition coefficient (Wildman–Crippen LogP) is 2.96. The summed E-state index contributed by atoms with van der Waals surface area (Å²) in [5, 5.41) is 0. The molecule has 1 aliphatic rings. The minimum atomic E-state index is -3.67. The monoisotopic (exact) mass is 359 g/mol. The van der Waals surface area contributed by atoms with Crippen molar-refractivity contribution in [3.05, 3.63) is 65.2 Å². The van der Waals surface area contributed by atoms with Crippen molar-refractivity contribution in [3.8, 4) is 0 Å². The molecule has 0 aromatic heterocycles. The first kappa shape index (κ1) is 17.8. The van der Waals surface area contributed by atoms with Crippen molar-refractivity contribution >= 4 is 15.8 Å². The van der Waals surface area contributed by atoms with Gasteiger partial charge in [-0.3, -0.25) is 4.79 Å². The predicted molar refractivity (Wildman–Crippen MR) is 95.1 cm³/mol. The van der Waals surface area contributed by atoms with E-state index in [0.717, 1.165) is 11.1 Å². The lowest BCUT2D eigenvalue weighted by molar-refractivity contribution is -0.00288. The summed E-state index contributed by atoms with van der Waals surface area (Å²) in [5.41, 5.74) is 2.47. The average molecular weight is 359 g/mol. The van der Waals surface area contributed by atoms with E-state index in [1.165, 1.54) is 23.4 Å². The van der Waals surface area contributed by atoms with Crippen molar-refractivity contribution in [2.45, 2.75) is 24.8 Å². The van der Waals surface area contributed by atoms with Gasteiger partial charge in [-0.1, -0.05) is 36.4 Å². The normalized spacial score (nSPS) is 18.9. The number of aryl methyl sites for hydroxylation is 1. The van der Waals surface area contributed by atoms with Crippen LogP contribution in [-0.2, 0) is 14.8 Å². The van der Waals surface area contributed by atoms with Crippen LogP contribution in [0.2, 0.25) is 0 Å². The third kappa shape index (κ3) is 3.66. The summed E-state index contributed by atoms with van der Waals surface area (Å²) in [4.78, 5) is 11.7. The lowest BCUT2D eigenvalue weighted by Gasteiger charge is -2.33. The molecule has 1 atom stereocenters. The third-order valence-electron chi connectivity index (χ3n) is 4.44. The minimum absolute atomic E-state index is 0.144. The van der Waals surface area contributed by atoms with Gasteiger partial charge in [-0.05, 0) is 37.1 Å². The second-order valence-electron chi connectivity index (χ2n) is 6.16. The molecule has 0 saturated carbocycles. The largest absolute Gasteiger partial charge is 0.371 e. The van der Waals surface area contributed by atoms with Gasteiger partial charge in [0.05, 0.1) is 17.6 Å². The Hall–Kier alpha value is -2.02. The highest BCUT2D eigenvalue weighted by molar-refractivity contribution is 7.89. The number of morpholine rings is 1. The van der Waals surface area contributed by atoms with Crippen LogP contribution in [0.1, 0.15) is 34.5 Å². The van der Waals surface area contributed by atoms with Crippen LogP contribution < -0.4 is 0 Å². The molecule has 1 unspecified atom stereocenters. The Balaban J connectivity index is 1.89. The van der Waals surface area contributed by atoms with Crippen LogP contribution in [0.25, 0.3) is 0 Å². The number of ketones is 1. The van der Waals surface area contributed by atoms with E-state index >= 15 is 0 Å². The van der Waals surface area contributed by atoms with Gasteiger partial charge < -0.3 is 4.74 Å². The standard InChI is InChI=1S/C19H21NO4S/c1-14-6-3-4-9-18(14)19-13-20(10-11-24-19)25(22,23)17-8-5-7-16(12-17)15(2)21/h3-9,12,19H,10-11,13H2,1-2H3. The van der Waals surface area contributed by atoms with Gasteiger partial charge in [0, 0.05) is 18.7 Å². The van der Waals surface area contributed by atoms with Crippen LogP contribution in [0.15, 0.2) is 53.4 Å². The minimum Gasteiger partial charge on any atom is -0.371 e. The molecule has 0 N–H and O–H groups in total. The zero-order chi connectivity index (χ0) is 18.0. The maximum Gasteiger partial charge on any atom is 0.243 e. The smallest absolute Gasteiger partial charge is 0.243 e. The van der Waals surface area contributed by atoms with E-state index in [1.54, 1.807) is 12.1 Å². The Morgan fingerprint density at radius 2 is 1.92 bits per heavy atom. The maximum absolute atomic E-state index is 13.0. The molecule has 0 aliphatic carbocycles. The molecule has 0 amide bonds. The molecule has 1 fully saturated rings. The number of Topliss-reactive ketones (excluding diaryl/α,β-unsaturated/α-hetero) is 1. The molecule has 0 radical (unpaired) electrons. The van der Waals surface area contributed by atoms with Gasteiger partial charge in [0.25, 0.3) is 0 Å². The van der Waals surface area contributed by atoms with Crippen LogP contribution in [0.3, 0.4) is 0 Å². The van der Waals surface area contributed by atoms with Crippen LogP contribution in [0, 0.1) is 6.92 Å². The number of hydrogen-bond donors (Lipinski definition) is 0. The van der Waals surface area contributed by atoms with Gasteiger partial charge in [0.15, 0.2) is 5.78 Å². The van der Waals surface area contributed by atoms with Crippen molar-refractivity contribution in [2.75, 3.05) is 19.7 Å². The number of nitrogens with zero attached hydrogens (tertiary/aromatic N) is 1. The van der Waals surface area contributed by atoms with E-state index in [2.05, 4.69) is 0 Å². The molecule has 5 nitrogen and oxygen atoms in total. The van der Waals surface area contributed by atoms with Gasteiger partial charge in [-0.15, -0.1) is 0 Å². The topological polar surface area (TPSA) is 63.7 Å². The molecule has 132 valence electrons. The maximum atomic E-state index is 13.0. The van der Waals surface area contributed by atoms with E-state index in [4.69, 9.17) is 4.74 Å². The Morgan fingerprint density at radius 3 is 2.64 bits per heavy atom. The number of hydrogen-bond acceptors (Lipinski definition) is 4. The van der Waals surface area contributed by atoms with E-state index in [0.29, 0.717) is 18.7 Å². The SMILES string of the molecule is CC(=O)c1cccc(S(=O)(=O)N2CCOC(c3ccccc3C)C2)c1. The fraction of sp³-hybridized carbons (Fsp3) is 0.316. The molecule has 1 heterocycles. The fourth-order valence-corrected chi connectivity index (χ4v) is 4.48. The zero-order valence-electron chi connectivity index (χ0n) is 14.3. The Labute approximate surface area is 148 Å². The first-order valence-corrected chi connectivity index (χ1v) is 9.62. The van der Waals surface area contributed by atoms with Crippen LogP contribution in [-0.4, -0.2) is 38.2 Å². The Kier molecular flexibility index (Phi) is 5.03. The van der Waals surface area contributed by atoms with Gasteiger partial charge in [-0.25, -0.2) is 8.42 Å². The van der Waals surface area contributed by atoms with Gasteiger partial charge in [0.2, 0.25) is 10.0 Å². The summed E-state index contributed by atoms with van der Waals surface area (Å²) in [6, 6.07) is 14.0. The first-order valence-electron chi connectivity index (χ1n) is 8.18. The molecule has 2 aromatic carbocycles. The van der Waals surface area contributed by atoms with Crippen LogP contribution in [0.5, 0.6) is 0 Å². The van der Waals surface area contributed by atoms with Gasteiger partial charge in [0.1, 0.15) is 0 Å². The molecular formula is C19H21NO4S. The van der Waals surface area contributed by atoms with Gasteiger partial charge in [-0.2, -0.15) is 4.31 Å². The molecule has 0 spiro atoms. The highest BCUT2D eigenvalue weighted by Gasteiger charge is 2.32. The van der Waals surface area contributed by atoms with E-state index in [9.17, 15) is 13.2 Å². The third-order valence-corrected chi connectivity index (χ3v) is 6.30. The highest BCUT2D eigenvalue weighted by Crippen LogP contribution is 2.28. The molecule has 25 heavy (non-hydrogen) atoms. The average Bonchev–Trinajstić information content (AvgIpc) is 2.62. The van der Waals surface area contributed by atoms with E-state index in [1.807, 2.05) is 31.2 Å². The van der Waals surface area contributed by atoms with Crippen LogP contribution in [0.4, 0.5) is 0 Å².